The molecule has 0 radical (unpaired) electrons. The maximum absolute atomic E-state index is 13.1. The minimum Gasteiger partial charge on any atom is -0.691 e. The van der Waals surface area contributed by atoms with Crippen molar-refractivity contribution in [2.24, 2.45) is 0 Å². The summed E-state index contributed by atoms with van der Waals surface area (Å²) in [5, 5.41) is 16.9. The van der Waals surface area contributed by atoms with Gasteiger partial charge in [-0.2, -0.15) is 21.8 Å². The fraction of sp³-hybridized carbons (Fsp3) is 0.778. The quantitative estimate of drug-likeness (QED) is 0.162. The molecule has 0 saturated carbocycles. The summed E-state index contributed by atoms with van der Waals surface area (Å²) in [7, 11) is 1.01. The van der Waals surface area contributed by atoms with E-state index in [2.05, 4.69) is 28.2 Å². The van der Waals surface area contributed by atoms with Crippen molar-refractivity contribution >= 4 is 36.0 Å². The zero-order chi connectivity index (χ0) is 21.0. The number of halogens is 5. The lowest BCUT2D eigenvalue weighted by Crippen LogP contribution is -2.46. The smallest absolute Gasteiger partial charge is 0.446 e. The van der Waals surface area contributed by atoms with Crippen molar-refractivity contribution in [3.05, 3.63) is 0 Å². The molecule has 0 rings (SSSR count). The van der Waals surface area contributed by atoms with Crippen LogP contribution in [0.2, 0.25) is 0 Å². The van der Waals surface area contributed by atoms with E-state index in [0.29, 0.717) is 0 Å². The second-order valence-corrected chi connectivity index (χ2v) is 5.60. The maximum atomic E-state index is 13.1. The number of ether oxygens (including phenoxy) is 2. The molecular formula is C9H11F5O10S2-2. The molecule has 10 nitrogen and oxygen atoms in total. The molecule has 0 N–H and O–H groups in total. The van der Waals surface area contributed by atoms with Crippen molar-refractivity contribution in [2.45, 2.75) is 30.0 Å². The molecule has 0 aromatic rings. The zero-order valence-corrected chi connectivity index (χ0v) is 14.6. The number of methoxy groups -OCH3 is 1. The average Bonchev–Trinajstić information content (AvgIpc) is 2.56. The van der Waals surface area contributed by atoms with Gasteiger partial charge < -0.3 is 20.0 Å². The van der Waals surface area contributed by atoms with Gasteiger partial charge in [0.15, 0.2) is 0 Å². The van der Waals surface area contributed by atoms with Crippen LogP contribution < -0.4 is 10.5 Å². The molecule has 0 aliphatic rings. The summed E-state index contributed by atoms with van der Waals surface area (Å²) in [5.74, 6) is -3.38. The van der Waals surface area contributed by atoms with Crippen LogP contribution in [0.25, 0.3) is 0 Å². The molecule has 0 aromatic heterocycles. The molecule has 0 saturated heterocycles. The summed E-state index contributed by atoms with van der Waals surface area (Å²) in [6.45, 7) is 1.60. The second kappa shape index (κ2) is 12.4. The van der Waals surface area contributed by atoms with E-state index >= 15 is 0 Å². The Balaban J connectivity index is 0. The predicted octanol–water partition coefficient (Wildman–Crippen LogP) is 0.366. The van der Waals surface area contributed by atoms with Crippen molar-refractivity contribution in [3.63, 3.8) is 0 Å². The first-order valence-corrected chi connectivity index (χ1v) is 7.31. The third kappa shape index (κ3) is 9.12. The summed E-state index contributed by atoms with van der Waals surface area (Å²) in [5.41, 5.74) is 0. The van der Waals surface area contributed by atoms with Crippen LogP contribution in [-0.2, 0) is 37.8 Å². The van der Waals surface area contributed by atoms with Gasteiger partial charge in [0.1, 0.15) is 0 Å². The standard InChI is InChI=1S/C5H6F4O5S.C4H7FO5S/c1-2-12-3(10)4(6,5(7,8)9)15-14-13-11;1-4(5,3(6)8-2)11-10-9-7/h11H,2H2,1H3;7H,1-2H3/p-2. The molecule has 0 aliphatic carbocycles. The van der Waals surface area contributed by atoms with Crippen molar-refractivity contribution in [1.29, 1.82) is 0 Å². The minimum absolute atomic E-state index is 0.0645. The number of esters is 2. The Morgan fingerprint density at radius 2 is 1.42 bits per heavy atom. The highest BCUT2D eigenvalue weighted by molar-refractivity contribution is 7.96. The van der Waals surface area contributed by atoms with Crippen molar-refractivity contribution < 1.29 is 70.3 Å². The van der Waals surface area contributed by atoms with Gasteiger partial charge in [0.2, 0.25) is 0 Å². The normalized spacial score (nSPS) is 15.8. The molecule has 0 spiro atoms. The van der Waals surface area contributed by atoms with Crippen LogP contribution in [0.3, 0.4) is 0 Å². The number of hydrogen-bond donors (Lipinski definition) is 0. The Kier molecular flexibility index (Phi) is 13.0. The van der Waals surface area contributed by atoms with Crippen LogP contribution in [-0.4, -0.2) is 41.8 Å². The van der Waals surface area contributed by atoms with Crippen LogP contribution >= 0.6 is 24.1 Å². The molecule has 0 amide bonds. The number of rotatable bonds is 9. The summed E-state index contributed by atoms with van der Waals surface area (Å²) in [6.07, 6.45) is -5.59. The molecule has 2 unspecified atom stereocenters. The van der Waals surface area contributed by atoms with Crippen molar-refractivity contribution in [1.82, 2.24) is 0 Å². The van der Waals surface area contributed by atoms with E-state index in [0.717, 1.165) is 14.0 Å². The number of alkyl halides is 5. The Morgan fingerprint density at radius 1 is 0.962 bits per heavy atom. The summed E-state index contributed by atoms with van der Waals surface area (Å²) in [6, 6.07) is 0. The van der Waals surface area contributed by atoms with E-state index in [1.54, 1.807) is 0 Å². The topological polar surface area (TPSA) is 136 Å². The lowest BCUT2D eigenvalue weighted by molar-refractivity contribution is -0.777. The van der Waals surface area contributed by atoms with Gasteiger partial charge in [-0.25, -0.2) is 18.4 Å². The van der Waals surface area contributed by atoms with Crippen LogP contribution in [0, 0.1) is 0 Å². The molecule has 0 heterocycles. The molecule has 0 aliphatic heterocycles. The first-order chi connectivity index (χ1) is 11.8. The van der Waals surface area contributed by atoms with Crippen LogP contribution in [0.5, 0.6) is 0 Å². The third-order valence-electron chi connectivity index (χ3n) is 1.85. The molecule has 0 bridgehead atoms. The van der Waals surface area contributed by atoms with E-state index in [9.17, 15) is 42.1 Å². The fourth-order valence-electron chi connectivity index (χ4n) is 0.776. The zero-order valence-electron chi connectivity index (χ0n) is 13.0. The van der Waals surface area contributed by atoms with Gasteiger partial charge in [-0.05, 0) is 13.8 Å². The summed E-state index contributed by atoms with van der Waals surface area (Å²) in [4.78, 5) is 21.1. The van der Waals surface area contributed by atoms with E-state index in [-0.39, 0.29) is 12.0 Å². The first-order valence-electron chi connectivity index (χ1n) is 5.82. The Hall–Kier alpha value is -0.950. The number of carbonyl (C=O) groups is 2. The number of hydrogen-bond acceptors (Lipinski definition) is 12. The SMILES string of the molecule is CCOC(=O)C(F)(SOO[O-])C(F)(F)F.COC(=O)C(C)(F)SOO[O-]. The van der Waals surface area contributed by atoms with Gasteiger partial charge in [-0.15, -0.1) is 0 Å². The van der Waals surface area contributed by atoms with Gasteiger partial charge in [-0.3, -0.25) is 10.1 Å². The second-order valence-electron chi connectivity index (χ2n) is 3.66. The van der Waals surface area contributed by atoms with Crippen molar-refractivity contribution in [2.75, 3.05) is 13.7 Å². The minimum atomic E-state index is -5.59. The molecule has 0 aromatic carbocycles. The van der Waals surface area contributed by atoms with E-state index < -0.39 is 46.8 Å². The average molecular weight is 438 g/mol. The van der Waals surface area contributed by atoms with Gasteiger partial charge >= 0.3 is 23.1 Å². The summed E-state index contributed by atoms with van der Waals surface area (Å²) >= 11 is -1.19. The highest BCUT2D eigenvalue weighted by Crippen LogP contribution is 2.44. The van der Waals surface area contributed by atoms with E-state index in [4.69, 9.17) is 0 Å². The third-order valence-corrected chi connectivity index (χ3v) is 3.20. The van der Waals surface area contributed by atoms with Crippen LogP contribution in [0.1, 0.15) is 13.8 Å². The Labute approximate surface area is 150 Å². The lowest BCUT2D eigenvalue weighted by atomic mass is 10.4. The number of carbonyl (C=O) groups excluding carboxylic acids is 2. The van der Waals surface area contributed by atoms with Gasteiger partial charge in [0.05, 0.1) is 37.8 Å². The highest BCUT2D eigenvalue weighted by Gasteiger charge is 2.65. The van der Waals surface area contributed by atoms with E-state index in [1.165, 1.54) is 6.92 Å². The first kappa shape index (κ1) is 27.3. The molecule has 26 heavy (non-hydrogen) atoms. The highest BCUT2D eigenvalue weighted by atomic mass is 32.2. The molecule has 2 atom stereocenters. The summed E-state index contributed by atoms with van der Waals surface area (Å²) < 4.78 is 76.7. The molecule has 0 fully saturated rings. The monoisotopic (exact) mass is 438 g/mol. The fourth-order valence-corrected chi connectivity index (χ4v) is 1.43. The Bertz CT molecular complexity index is 438. The van der Waals surface area contributed by atoms with Gasteiger partial charge in [0.25, 0.3) is 5.00 Å². The molecular weight excluding hydrogens is 427 g/mol. The van der Waals surface area contributed by atoms with Crippen molar-refractivity contribution in [3.8, 4) is 0 Å². The predicted molar refractivity (Wildman–Crippen MR) is 67.6 cm³/mol. The molecule has 17 heteroatoms. The van der Waals surface area contributed by atoms with Crippen LogP contribution in [0.4, 0.5) is 22.0 Å². The lowest BCUT2D eigenvalue weighted by Gasteiger charge is -2.23. The largest absolute Gasteiger partial charge is 0.691 e. The maximum Gasteiger partial charge on any atom is 0.446 e. The van der Waals surface area contributed by atoms with E-state index in [1.807, 2.05) is 0 Å². The van der Waals surface area contributed by atoms with Crippen LogP contribution in [0.15, 0.2) is 0 Å². The Morgan fingerprint density at radius 3 is 1.77 bits per heavy atom. The molecule has 156 valence electrons. The van der Waals surface area contributed by atoms with Gasteiger partial charge in [-0.1, -0.05) is 0 Å². The van der Waals surface area contributed by atoms with Gasteiger partial charge in [0, 0.05) is 0 Å².